The third-order valence-electron chi connectivity index (χ3n) is 3.60. The minimum Gasteiger partial charge on any atom is -0.472 e. The lowest BCUT2D eigenvalue weighted by atomic mass is 9.84. The molecule has 1 N–H and O–H groups in total. The summed E-state index contributed by atoms with van der Waals surface area (Å²) in [5.74, 6) is 0.983. The van der Waals surface area contributed by atoms with Crippen molar-refractivity contribution in [1.82, 2.24) is 5.32 Å². The van der Waals surface area contributed by atoms with E-state index in [1.54, 1.807) is 6.26 Å². The van der Waals surface area contributed by atoms with Gasteiger partial charge in [0.1, 0.15) is 0 Å². The Hall–Kier alpha value is -0.760. The van der Waals surface area contributed by atoms with Crippen LogP contribution in [0.1, 0.15) is 44.6 Å². The number of hydrogen-bond donors (Lipinski definition) is 1. The third kappa shape index (κ3) is 3.10. The molecule has 0 atom stereocenters. The maximum Gasteiger partial charge on any atom is 0.0947 e. The van der Waals surface area contributed by atoms with Crippen LogP contribution in [0.2, 0.25) is 0 Å². The Morgan fingerprint density at radius 3 is 2.73 bits per heavy atom. The van der Waals surface area contributed by atoms with Crippen LogP contribution in [0.3, 0.4) is 0 Å². The van der Waals surface area contributed by atoms with Gasteiger partial charge in [-0.15, -0.1) is 0 Å². The van der Waals surface area contributed by atoms with E-state index < -0.39 is 0 Å². The van der Waals surface area contributed by atoms with Gasteiger partial charge in [0, 0.05) is 18.2 Å². The number of hydrogen-bond acceptors (Lipinski definition) is 2. The molecule has 2 heteroatoms. The minimum atomic E-state index is 0.725. The van der Waals surface area contributed by atoms with Crippen molar-refractivity contribution in [3.63, 3.8) is 0 Å². The summed E-state index contributed by atoms with van der Waals surface area (Å²) in [6.07, 6.45) is 10.4. The standard InChI is InChI=1S/C13H21NO/c1-2-11-3-5-13(6-4-11)14-9-12-7-8-15-10-12/h7-8,10-11,13-14H,2-6,9H2,1H3. The van der Waals surface area contributed by atoms with Gasteiger partial charge in [0.2, 0.25) is 0 Å². The molecule has 0 aromatic carbocycles. The predicted molar refractivity (Wildman–Crippen MR) is 61.6 cm³/mol. The molecule has 0 spiro atoms. The Morgan fingerprint density at radius 1 is 1.33 bits per heavy atom. The summed E-state index contributed by atoms with van der Waals surface area (Å²) in [6, 6.07) is 2.76. The second kappa shape index (κ2) is 5.36. The molecule has 1 aliphatic carbocycles. The molecule has 1 heterocycles. The van der Waals surface area contributed by atoms with Crippen LogP contribution in [0.25, 0.3) is 0 Å². The van der Waals surface area contributed by atoms with Crippen LogP contribution in [-0.2, 0) is 6.54 Å². The van der Waals surface area contributed by atoms with E-state index in [9.17, 15) is 0 Å². The molecule has 0 amide bonds. The van der Waals surface area contributed by atoms with Gasteiger partial charge in [-0.1, -0.05) is 13.3 Å². The molecule has 0 saturated heterocycles. The maximum absolute atomic E-state index is 5.05. The van der Waals surface area contributed by atoms with Crippen molar-refractivity contribution in [2.45, 2.75) is 51.6 Å². The molecular formula is C13H21NO. The molecule has 0 aliphatic heterocycles. The summed E-state index contributed by atoms with van der Waals surface area (Å²) < 4.78 is 5.05. The van der Waals surface area contributed by atoms with Crippen molar-refractivity contribution in [3.05, 3.63) is 24.2 Å². The normalized spacial score (nSPS) is 26.7. The summed E-state index contributed by atoms with van der Waals surface area (Å²) in [5.41, 5.74) is 1.26. The van der Waals surface area contributed by atoms with Gasteiger partial charge in [0.05, 0.1) is 12.5 Å². The summed E-state index contributed by atoms with van der Waals surface area (Å²) in [6.45, 7) is 3.27. The quantitative estimate of drug-likeness (QED) is 0.819. The number of nitrogens with one attached hydrogen (secondary N) is 1. The zero-order valence-corrected chi connectivity index (χ0v) is 9.54. The fraction of sp³-hybridized carbons (Fsp3) is 0.692. The first-order valence-corrected chi connectivity index (χ1v) is 6.13. The van der Waals surface area contributed by atoms with Crippen molar-refractivity contribution in [2.24, 2.45) is 5.92 Å². The van der Waals surface area contributed by atoms with Gasteiger partial charge in [-0.3, -0.25) is 0 Å². The van der Waals surface area contributed by atoms with Crippen LogP contribution in [-0.4, -0.2) is 6.04 Å². The molecule has 1 aliphatic rings. The van der Waals surface area contributed by atoms with Crippen LogP contribution < -0.4 is 5.32 Å². The Bertz CT molecular complexity index is 260. The van der Waals surface area contributed by atoms with Crippen LogP contribution in [0.5, 0.6) is 0 Å². The average Bonchev–Trinajstić information content (AvgIpc) is 2.80. The first kappa shape index (κ1) is 10.7. The van der Waals surface area contributed by atoms with E-state index in [4.69, 9.17) is 4.42 Å². The topological polar surface area (TPSA) is 25.2 Å². The van der Waals surface area contributed by atoms with Crippen molar-refractivity contribution in [1.29, 1.82) is 0 Å². The molecule has 15 heavy (non-hydrogen) atoms. The summed E-state index contributed by atoms with van der Waals surface area (Å²) in [4.78, 5) is 0. The van der Waals surface area contributed by atoms with Gasteiger partial charge in [-0.2, -0.15) is 0 Å². The second-order valence-electron chi connectivity index (χ2n) is 4.64. The van der Waals surface area contributed by atoms with Crippen LogP contribution in [0.15, 0.2) is 23.0 Å². The highest BCUT2D eigenvalue weighted by molar-refractivity contribution is 5.04. The van der Waals surface area contributed by atoms with E-state index >= 15 is 0 Å². The molecular weight excluding hydrogens is 186 g/mol. The van der Waals surface area contributed by atoms with Crippen LogP contribution in [0.4, 0.5) is 0 Å². The van der Waals surface area contributed by atoms with Crippen molar-refractivity contribution in [2.75, 3.05) is 0 Å². The number of rotatable bonds is 4. The highest BCUT2D eigenvalue weighted by Crippen LogP contribution is 2.26. The van der Waals surface area contributed by atoms with Crippen LogP contribution >= 0.6 is 0 Å². The Kier molecular flexibility index (Phi) is 3.84. The molecule has 0 bridgehead atoms. The molecule has 84 valence electrons. The van der Waals surface area contributed by atoms with Gasteiger partial charge < -0.3 is 9.73 Å². The molecule has 1 aromatic rings. The largest absolute Gasteiger partial charge is 0.472 e. The Balaban J connectivity index is 1.69. The molecule has 1 saturated carbocycles. The van der Waals surface area contributed by atoms with E-state index in [-0.39, 0.29) is 0 Å². The SMILES string of the molecule is CCC1CCC(NCc2ccoc2)CC1. The zero-order valence-electron chi connectivity index (χ0n) is 9.54. The van der Waals surface area contributed by atoms with Crippen LogP contribution in [0, 0.1) is 5.92 Å². The zero-order chi connectivity index (χ0) is 10.5. The smallest absolute Gasteiger partial charge is 0.0947 e. The molecule has 1 fully saturated rings. The summed E-state index contributed by atoms with van der Waals surface area (Å²) in [5, 5.41) is 3.61. The summed E-state index contributed by atoms with van der Waals surface area (Å²) >= 11 is 0. The van der Waals surface area contributed by atoms with Gasteiger partial charge in [0.25, 0.3) is 0 Å². The first-order valence-electron chi connectivity index (χ1n) is 6.13. The van der Waals surface area contributed by atoms with E-state index in [1.807, 2.05) is 12.3 Å². The fourth-order valence-electron chi connectivity index (χ4n) is 2.43. The van der Waals surface area contributed by atoms with Gasteiger partial charge in [-0.05, 0) is 37.7 Å². The molecule has 2 rings (SSSR count). The predicted octanol–water partition coefficient (Wildman–Crippen LogP) is 3.34. The van der Waals surface area contributed by atoms with Gasteiger partial charge in [0.15, 0.2) is 0 Å². The van der Waals surface area contributed by atoms with Crippen molar-refractivity contribution >= 4 is 0 Å². The van der Waals surface area contributed by atoms with E-state index in [0.29, 0.717) is 0 Å². The lowest BCUT2D eigenvalue weighted by molar-refractivity contribution is 0.285. The first-order chi connectivity index (χ1) is 7.38. The highest BCUT2D eigenvalue weighted by Gasteiger charge is 2.19. The third-order valence-corrected chi connectivity index (χ3v) is 3.60. The maximum atomic E-state index is 5.05. The van der Waals surface area contributed by atoms with E-state index in [1.165, 1.54) is 37.7 Å². The Labute approximate surface area is 92.1 Å². The average molecular weight is 207 g/mol. The lowest BCUT2D eigenvalue weighted by Gasteiger charge is -2.28. The minimum absolute atomic E-state index is 0.725. The second-order valence-corrected chi connectivity index (χ2v) is 4.64. The fourth-order valence-corrected chi connectivity index (χ4v) is 2.43. The molecule has 2 nitrogen and oxygen atoms in total. The Morgan fingerprint density at radius 2 is 2.13 bits per heavy atom. The molecule has 0 radical (unpaired) electrons. The number of furan rings is 1. The monoisotopic (exact) mass is 207 g/mol. The lowest BCUT2D eigenvalue weighted by Crippen LogP contribution is -2.32. The molecule has 0 unspecified atom stereocenters. The van der Waals surface area contributed by atoms with E-state index in [2.05, 4.69) is 12.2 Å². The highest BCUT2D eigenvalue weighted by atomic mass is 16.3. The summed E-state index contributed by atoms with van der Waals surface area (Å²) in [7, 11) is 0. The van der Waals surface area contributed by atoms with Gasteiger partial charge in [-0.25, -0.2) is 0 Å². The van der Waals surface area contributed by atoms with Gasteiger partial charge >= 0.3 is 0 Å². The van der Waals surface area contributed by atoms with Crippen molar-refractivity contribution < 1.29 is 4.42 Å². The molecule has 1 aromatic heterocycles. The van der Waals surface area contributed by atoms with E-state index in [0.717, 1.165) is 18.5 Å². The van der Waals surface area contributed by atoms with Crippen molar-refractivity contribution in [3.8, 4) is 0 Å².